The maximum Gasteiger partial charge on any atom is 0.247 e. The number of anilines is 1. The number of hydrogen-bond donors (Lipinski definition) is 2. The minimum atomic E-state index is -0.0421. The molecule has 2 aliphatic heterocycles. The monoisotopic (exact) mass is 331 g/mol. The van der Waals surface area contributed by atoms with Crippen LogP contribution in [-0.4, -0.2) is 51.0 Å². The van der Waals surface area contributed by atoms with Crippen molar-refractivity contribution >= 4 is 11.6 Å². The van der Waals surface area contributed by atoms with Crippen LogP contribution in [0.5, 0.6) is 0 Å². The lowest BCUT2D eigenvalue weighted by Gasteiger charge is -2.47. The van der Waals surface area contributed by atoms with Gasteiger partial charge in [0.15, 0.2) is 0 Å². The molecule has 130 valence electrons. The molecule has 24 heavy (non-hydrogen) atoms. The maximum atomic E-state index is 12.9. The minimum Gasteiger partial charge on any atom is -0.381 e. The largest absolute Gasteiger partial charge is 0.381 e. The first-order valence-electron chi connectivity index (χ1n) is 8.67. The number of hydrazine groups is 1. The average Bonchev–Trinajstić information content (AvgIpc) is 2.98. The van der Waals surface area contributed by atoms with E-state index in [1.165, 1.54) is 0 Å². The molecule has 6 heteroatoms. The van der Waals surface area contributed by atoms with Gasteiger partial charge >= 0.3 is 0 Å². The van der Waals surface area contributed by atoms with Crippen molar-refractivity contribution < 1.29 is 14.3 Å². The maximum absolute atomic E-state index is 12.9. The Morgan fingerprint density at radius 2 is 1.88 bits per heavy atom. The average molecular weight is 331 g/mol. The number of carbonyl (C=O) groups excluding carboxylic acids is 1. The summed E-state index contributed by atoms with van der Waals surface area (Å²) in [7, 11) is 3.52. The fourth-order valence-corrected chi connectivity index (χ4v) is 4.59. The molecule has 0 spiro atoms. The zero-order chi connectivity index (χ0) is 16.7. The van der Waals surface area contributed by atoms with Crippen LogP contribution in [0.15, 0.2) is 30.3 Å². The predicted octanol–water partition coefficient (Wildman–Crippen LogP) is 0.934. The summed E-state index contributed by atoms with van der Waals surface area (Å²) in [5.41, 5.74) is 4.38. The van der Waals surface area contributed by atoms with Gasteiger partial charge in [-0.2, -0.15) is 0 Å². The number of carbonyl (C=O) groups is 1. The Morgan fingerprint density at radius 3 is 2.58 bits per heavy atom. The second kappa shape index (κ2) is 6.44. The second-order valence-electron chi connectivity index (χ2n) is 6.97. The number of ether oxygens (including phenoxy) is 2. The molecule has 2 N–H and O–H groups in total. The highest BCUT2D eigenvalue weighted by molar-refractivity contribution is 5.97. The fourth-order valence-electron chi connectivity index (χ4n) is 4.59. The SMILES string of the molecule is COC1CC(OC)C2NCC3C(=O)N(c4ccccc4)NC3C2C1. The molecule has 6 nitrogen and oxygen atoms in total. The Morgan fingerprint density at radius 1 is 1.08 bits per heavy atom. The van der Waals surface area contributed by atoms with Gasteiger partial charge in [-0.15, -0.1) is 0 Å². The summed E-state index contributed by atoms with van der Waals surface area (Å²) >= 11 is 0. The molecule has 3 aliphatic rings. The third kappa shape index (κ3) is 2.54. The van der Waals surface area contributed by atoms with E-state index < -0.39 is 0 Å². The van der Waals surface area contributed by atoms with E-state index >= 15 is 0 Å². The molecule has 1 saturated carbocycles. The number of methoxy groups -OCH3 is 2. The first-order valence-corrected chi connectivity index (χ1v) is 8.67. The van der Waals surface area contributed by atoms with Gasteiger partial charge < -0.3 is 14.8 Å². The summed E-state index contributed by atoms with van der Waals surface area (Å²) in [5.74, 6) is 0.412. The number of hydrogen-bond acceptors (Lipinski definition) is 5. The van der Waals surface area contributed by atoms with E-state index in [1.54, 1.807) is 19.2 Å². The standard InChI is InChI=1S/C18H25N3O3/c1-23-12-8-13-16-14(10-19-17(13)15(9-12)24-2)18(22)21(20-16)11-6-4-3-5-7-11/h3-7,12-17,19-20H,8-10H2,1-2H3. The van der Waals surface area contributed by atoms with Gasteiger partial charge in [-0.3, -0.25) is 4.79 Å². The molecule has 1 aromatic carbocycles. The van der Waals surface area contributed by atoms with E-state index in [2.05, 4.69) is 10.7 Å². The first-order chi connectivity index (χ1) is 11.7. The number of rotatable bonds is 3. The van der Waals surface area contributed by atoms with Gasteiger partial charge in [0.1, 0.15) is 0 Å². The fraction of sp³-hybridized carbons (Fsp3) is 0.611. The van der Waals surface area contributed by atoms with Crippen LogP contribution in [0.2, 0.25) is 0 Å². The third-order valence-electron chi connectivity index (χ3n) is 5.83. The Kier molecular flexibility index (Phi) is 4.30. The summed E-state index contributed by atoms with van der Waals surface area (Å²) in [6.07, 6.45) is 2.14. The Hall–Kier alpha value is -1.47. The Labute approximate surface area is 142 Å². The van der Waals surface area contributed by atoms with E-state index in [1.807, 2.05) is 30.3 Å². The normalized spacial score (nSPS) is 38.8. The lowest BCUT2D eigenvalue weighted by molar-refractivity contribution is -0.123. The molecule has 6 unspecified atom stereocenters. The Bertz CT molecular complexity index is 596. The van der Waals surface area contributed by atoms with Gasteiger partial charge in [0.05, 0.1) is 23.8 Å². The molecule has 3 fully saturated rings. The molecular weight excluding hydrogens is 306 g/mol. The van der Waals surface area contributed by atoms with Gasteiger partial charge in [0, 0.05) is 39.3 Å². The molecule has 1 aromatic rings. The zero-order valence-electron chi connectivity index (χ0n) is 14.1. The van der Waals surface area contributed by atoms with Gasteiger partial charge in [-0.25, -0.2) is 10.4 Å². The van der Waals surface area contributed by atoms with Crippen LogP contribution in [0.3, 0.4) is 0 Å². The number of para-hydroxylation sites is 1. The highest BCUT2D eigenvalue weighted by Crippen LogP contribution is 2.39. The molecule has 0 bridgehead atoms. The van der Waals surface area contributed by atoms with Crippen LogP contribution >= 0.6 is 0 Å². The van der Waals surface area contributed by atoms with E-state index in [0.29, 0.717) is 12.5 Å². The van der Waals surface area contributed by atoms with Crippen molar-refractivity contribution in [3.63, 3.8) is 0 Å². The lowest BCUT2D eigenvalue weighted by atomic mass is 9.71. The van der Waals surface area contributed by atoms with Crippen molar-refractivity contribution in [3.8, 4) is 0 Å². The number of piperidine rings is 1. The number of fused-ring (bicyclic) bond motifs is 3. The van der Waals surface area contributed by atoms with Crippen molar-refractivity contribution in [2.24, 2.45) is 11.8 Å². The van der Waals surface area contributed by atoms with Crippen molar-refractivity contribution in [2.45, 2.75) is 37.1 Å². The zero-order valence-corrected chi connectivity index (χ0v) is 14.1. The van der Waals surface area contributed by atoms with E-state index in [0.717, 1.165) is 18.5 Å². The van der Waals surface area contributed by atoms with Crippen LogP contribution in [-0.2, 0) is 14.3 Å². The number of benzene rings is 1. The van der Waals surface area contributed by atoms with Crippen molar-refractivity contribution in [1.29, 1.82) is 0 Å². The number of nitrogens with zero attached hydrogens (tertiary/aromatic N) is 1. The lowest BCUT2D eigenvalue weighted by Crippen LogP contribution is -2.63. The summed E-state index contributed by atoms with van der Waals surface area (Å²) in [6, 6.07) is 10.2. The molecule has 4 rings (SSSR count). The highest BCUT2D eigenvalue weighted by atomic mass is 16.5. The topological polar surface area (TPSA) is 62.8 Å². The van der Waals surface area contributed by atoms with Crippen LogP contribution in [0.25, 0.3) is 0 Å². The summed E-state index contributed by atoms with van der Waals surface area (Å²) in [5, 5.41) is 5.29. The van der Waals surface area contributed by atoms with E-state index in [9.17, 15) is 4.79 Å². The van der Waals surface area contributed by atoms with Crippen LogP contribution in [0.4, 0.5) is 5.69 Å². The van der Waals surface area contributed by atoms with Gasteiger partial charge in [-0.1, -0.05) is 18.2 Å². The summed E-state index contributed by atoms with van der Waals surface area (Å²) in [6.45, 7) is 0.693. The Balaban J connectivity index is 1.60. The molecule has 0 aromatic heterocycles. The van der Waals surface area contributed by atoms with Crippen LogP contribution in [0, 0.1) is 11.8 Å². The van der Waals surface area contributed by atoms with Crippen molar-refractivity contribution in [2.75, 3.05) is 25.8 Å². The minimum absolute atomic E-state index is 0.0421. The number of nitrogens with one attached hydrogen (secondary N) is 2. The third-order valence-corrected chi connectivity index (χ3v) is 5.83. The molecular formula is C18H25N3O3. The quantitative estimate of drug-likeness (QED) is 0.863. The van der Waals surface area contributed by atoms with Gasteiger partial charge in [-0.05, 0) is 24.5 Å². The predicted molar refractivity (Wildman–Crippen MR) is 90.5 cm³/mol. The van der Waals surface area contributed by atoms with Crippen LogP contribution < -0.4 is 15.8 Å². The molecule has 1 aliphatic carbocycles. The smallest absolute Gasteiger partial charge is 0.247 e. The molecule has 1 amide bonds. The van der Waals surface area contributed by atoms with Crippen molar-refractivity contribution in [1.82, 2.24) is 10.7 Å². The first kappa shape index (κ1) is 16.0. The van der Waals surface area contributed by atoms with E-state index in [-0.39, 0.29) is 36.1 Å². The second-order valence-corrected chi connectivity index (χ2v) is 6.97. The van der Waals surface area contributed by atoms with Gasteiger partial charge in [0.25, 0.3) is 0 Å². The van der Waals surface area contributed by atoms with Gasteiger partial charge in [0.2, 0.25) is 5.91 Å². The van der Waals surface area contributed by atoms with Crippen LogP contribution in [0.1, 0.15) is 12.8 Å². The summed E-state index contributed by atoms with van der Waals surface area (Å²) in [4.78, 5) is 12.9. The molecule has 2 heterocycles. The number of amides is 1. The van der Waals surface area contributed by atoms with E-state index in [4.69, 9.17) is 9.47 Å². The summed E-state index contributed by atoms with van der Waals surface area (Å²) < 4.78 is 11.3. The van der Waals surface area contributed by atoms with Crippen molar-refractivity contribution in [3.05, 3.63) is 30.3 Å². The molecule has 0 radical (unpaired) electrons. The molecule has 6 atom stereocenters. The molecule has 2 saturated heterocycles. The highest BCUT2D eigenvalue weighted by Gasteiger charge is 2.53.